The zero-order valence-corrected chi connectivity index (χ0v) is 12.3. The molecule has 1 aliphatic carbocycles. The third kappa shape index (κ3) is 2.60. The largest absolute Gasteiger partial charge is 0.303 e. The summed E-state index contributed by atoms with van der Waals surface area (Å²) in [6.07, 6.45) is 7.51. The minimum absolute atomic E-state index is 0.268. The fraction of sp³-hybridized carbons (Fsp3) is 0.529. The molecule has 2 heterocycles. The van der Waals surface area contributed by atoms with Gasteiger partial charge in [-0.1, -0.05) is 43.5 Å². The van der Waals surface area contributed by atoms with Gasteiger partial charge in [-0.3, -0.25) is 5.10 Å². The Labute approximate surface area is 125 Å². The molecule has 1 fully saturated rings. The Balaban J connectivity index is 1.51. The Morgan fingerprint density at radius 2 is 1.81 bits per heavy atom. The SMILES string of the molecule is c1ccc2c(c1)CNC(c1nc(C3CCCCC3)n[nH]1)C2. The summed E-state index contributed by atoms with van der Waals surface area (Å²) in [5, 5.41) is 11.2. The van der Waals surface area contributed by atoms with Crippen molar-refractivity contribution in [2.75, 3.05) is 0 Å². The average molecular weight is 282 g/mol. The van der Waals surface area contributed by atoms with Crippen LogP contribution in [0.15, 0.2) is 24.3 Å². The molecule has 1 saturated carbocycles. The molecule has 0 spiro atoms. The highest BCUT2D eigenvalue weighted by molar-refractivity contribution is 5.30. The van der Waals surface area contributed by atoms with Gasteiger partial charge in [-0.25, -0.2) is 4.98 Å². The van der Waals surface area contributed by atoms with E-state index in [1.807, 2.05) is 0 Å². The first kappa shape index (κ1) is 13.0. The van der Waals surface area contributed by atoms with Crippen molar-refractivity contribution in [3.8, 4) is 0 Å². The Hall–Kier alpha value is -1.68. The molecule has 1 aliphatic heterocycles. The summed E-state index contributed by atoms with van der Waals surface area (Å²) in [5.74, 6) is 2.61. The number of benzene rings is 1. The van der Waals surface area contributed by atoms with Crippen LogP contribution in [0.4, 0.5) is 0 Å². The van der Waals surface area contributed by atoms with Crippen LogP contribution in [-0.2, 0) is 13.0 Å². The van der Waals surface area contributed by atoms with Crippen LogP contribution in [0.25, 0.3) is 0 Å². The number of aromatic amines is 1. The van der Waals surface area contributed by atoms with Gasteiger partial charge in [-0.05, 0) is 30.4 Å². The number of fused-ring (bicyclic) bond motifs is 1. The second-order valence-corrected chi connectivity index (χ2v) is 6.32. The molecule has 0 saturated heterocycles. The van der Waals surface area contributed by atoms with Crippen LogP contribution in [0.5, 0.6) is 0 Å². The van der Waals surface area contributed by atoms with Crippen molar-refractivity contribution in [2.24, 2.45) is 0 Å². The number of rotatable bonds is 2. The van der Waals surface area contributed by atoms with Crippen molar-refractivity contribution < 1.29 is 0 Å². The summed E-state index contributed by atoms with van der Waals surface area (Å²) in [4.78, 5) is 4.80. The van der Waals surface area contributed by atoms with E-state index in [0.29, 0.717) is 5.92 Å². The number of nitrogens with one attached hydrogen (secondary N) is 2. The third-order valence-corrected chi connectivity index (χ3v) is 4.90. The van der Waals surface area contributed by atoms with Gasteiger partial charge in [0.15, 0.2) is 5.82 Å². The van der Waals surface area contributed by atoms with Gasteiger partial charge in [-0.2, -0.15) is 5.10 Å². The number of aromatic nitrogens is 3. The predicted molar refractivity (Wildman–Crippen MR) is 81.9 cm³/mol. The number of hydrogen-bond donors (Lipinski definition) is 2. The third-order valence-electron chi connectivity index (χ3n) is 4.90. The number of H-pyrrole nitrogens is 1. The van der Waals surface area contributed by atoms with Gasteiger partial charge in [0.05, 0.1) is 6.04 Å². The normalized spacial score (nSPS) is 23.0. The average Bonchev–Trinajstić information content (AvgIpc) is 3.05. The smallest absolute Gasteiger partial charge is 0.153 e. The van der Waals surface area contributed by atoms with Crippen LogP contribution in [0.1, 0.15) is 66.8 Å². The summed E-state index contributed by atoms with van der Waals surface area (Å²) in [6, 6.07) is 8.92. The topological polar surface area (TPSA) is 53.6 Å². The highest BCUT2D eigenvalue weighted by atomic mass is 15.2. The Bertz CT molecular complexity index is 613. The zero-order valence-electron chi connectivity index (χ0n) is 12.3. The van der Waals surface area contributed by atoms with E-state index in [-0.39, 0.29) is 6.04 Å². The van der Waals surface area contributed by atoms with Gasteiger partial charge in [0.25, 0.3) is 0 Å². The molecule has 1 atom stereocenters. The van der Waals surface area contributed by atoms with Crippen LogP contribution < -0.4 is 5.32 Å². The summed E-state index contributed by atoms with van der Waals surface area (Å²) in [5.41, 5.74) is 2.83. The maximum absolute atomic E-state index is 4.80. The molecule has 4 nitrogen and oxygen atoms in total. The van der Waals surface area contributed by atoms with E-state index < -0.39 is 0 Å². The minimum atomic E-state index is 0.268. The van der Waals surface area contributed by atoms with Gasteiger partial charge in [0, 0.05) is 12.5 Å². The fourth-order valence-corrected chi connectivity index (χ4v) is 3.63. The van der Waals surface area contributed by atoms with Gasteiger partial charge in [0.1, 0.15) is 5.82 Å². The molecule has 2 aliphatic rings. The van der Waals surface area contributed by atoms with Crippen molar-refractivity contribution in [2.45, 2.75) is 57.0 Å². The highest BCUT2D eigenvalue weighted by Crippen LogP contribution is 2.31. The molecule has 1 aromatic carbocycles. The van der Waals surface area contributed by atoms with E-state index in [1.54, 1.807) is 0 Å². The van der Waals surface area contributed by atoms with Crippen LogP contribution in [0.3, 0.4) is 0 Å². The van der Waals surface area contributed by atoms with Crippen molar-refractivity contribution in [3.05, 3.63) is 47.0 Å². The molecular weight excluding hydrogens is 260 g/mol. The van der Waals surface area contributed by atoms with E-state index in [1.165, 1.54) is 43.2 Å². The number of hydrogen-bond acceptors (Lipinski definition) is 3. The molecule has 1 aromatic heterocycles. The molecule has 4 rings (SSSR count). The quantitative estimate of drug-likeness (QED) is 0.889. The highest BCUT2D eigenvalue weighted by Gasteiger charge is 2.24. The molecule has 1 unspecified atom stereocenters. The molecule has 110 valence electrons. The first-order chi connectivity index (χ1) is 10.4. The van der Waals surface area contributed by atoms with Gasteiger partial charge in [-0.15, -0.1) is 0 Å². The molecular formula is C17H22N4. The maximum Gasteiger partial charge on any atom is 0.153 e. The lowest BCUT2D eigenvalue weighted by atomic mass is 9.89. The second kappa shape index (κ2) is 5.60. The van der Waals surface area contributed by atoms with E-state index in [9.17, 15) is 0 Å². The monoisotopic (exact) mass is 282 g/mol. The second-order valence-electron chi connectivity index (χ2n) is 6.32. The van der Waals surface area contributed by atoms with E-state index in [0.717, 1.165) is 24.6 Å². The van der Waals surface area contributed by atoms with Crippen molar-refractivity contribution in [1.29, 1.82) is 0 Å². The lowest BCUT2D eigenvalue weighted by Gasteiger charge is -2.24. The molecule has 4 heteroatoms. The Kier molecular flexibility index (Phi) is 3.47. The zero-order chi connectivity index (χ0) is 14.1. The first-order valence-electron chi connectivity index (χ1n) is 8.12. The molecule has 0 bridgehead atoms. The molecule has 0 amide bonds. The van der Waals surface area contributed by atoms with Crippen molar-refractivity contribution in [1.82, 2.24) is 20.5 Å². The summed E-state index contributed by atoms with van der Waals surface area (Å²) in [6.45, 7) is 0.917. The van der Waals surface area contributed by atoms with E-state index in [2.05, 4.69) is 39.8 Å². The van der Waals surface area contributed by atoms with E-state index >= 15 is 0 Å². The maximum atomic E-state index is 4.80. The molecule has 21 heavy (non-hydrogen) atoms. The van der Waals surface area contributed by atoms with Crippen LogP contribution >= 0.6 is 0 Å². The summed E-state index contributed by atoms with van der Waals surface area (Å²) >= 11 is 0. The Morgan fingerprint density at radius 3 is 2.67 bits per heavy atom. The number of nitrogens with zero attached hydrogens (tertiary/aromatic N) is 2. The predicted octanol–water partition coefficient (Wildman–Crippen LogP) is 3.24. The molecule has 2 N–H and O–H groups in total. The van der Waals surface area contributed by atoms with Crippen molar-refractivity contribution in [3.63, 3.8) is 0 Å². The van der Waals surface area contributed by atoms with Gasteiger partial charge in [0.2, 0.25) is 0 Å². The molecule has 2 aromatic rings. The van der Waals surface area contributed by atoms with Crippen molar-refractivity contribution >= 4 is 0 Å². The van der Waals surface area contributed by atoms with Crippen LogP contribution in [0, 0.1) is 0 Å². The lowest BCUT2D eigenvalue weighted by molar-refractivity contribution is 0.428. The van der Waals surface area contributed by atoms with Crippen LogP contribution in [0.2, 0.25) is 0 Å². The van der Waals surface area contributed by atoms with Gasteiger partial charge < -0.3 is 5.32 Å². The molecule has 0 radical (unpaired) electrons. The van der Waals surface area contributed by atoms with E-state index in [4.69, 9.17) is 4.98 Å². The standard InChI is InChI=1S/C17H22N4/c1-2-6-12(7-3-1)16-19-17(21-20-16)15-10-13-8-4-5-9-14(13)11-18-15/h4-5,8-9,12,15,18H,1-3,6-7,10-11H2,(H,19,20,21). The lowest BCUT2D eigenvalue weighted by Crippen LogP contribution is -2.29. The fourth-order valence-electron chi connectivity index (χ4n) is 3.63. The minimum Gasteiger partial charge on any atom is -0.303 e. The van der Waals surface area contributed by atoms with Gasteiger partial charge >= 0.3 is 0 Å². The summed E-state index contributed by atoms with van der Waals surface area (Å²) < 4.78 is 0. The van der Waals surface area contributed by atoms with Crippen LogP contribution in [-0.4, -0.2) is 15.2 Å². The Morgan fingerprint density at radius 1 is 1.00 bits per heavy atom. The first-order valence-corrected chi connectivity index (χ1v) is 8.12. The summed E-state index contributed by atoms with van der Waals surface area (Å²) in [7, 11) is 0.